The van der Waals surface area contributed by atoms with Crippen LogP contribution in [0.3, 0.4) is 0 Å². The van der Waals surface area contributed by atoms with Crippen molar-refractivity contribution in [3.8, 4) is 0 Å². The Kier molecular flexibility index (Phi) is 25.8. The second-order valence-electron chi connectivity index (χ2n) is 19.3. The zero-order chi connectivity index (χ0) is 41.9. The molecule has 0 saturated carbocycles. The minimum atomic E-state index is -0.497. The van der Waals surface area contributed by atoms with Gasteiger partial charge in [0.25, 0.3) is 0 Å². The quantitative estimate of drug-likeness (QED) is 0.0633. The monoisotopic (exact) mass is 759 g/mol. The van der Waals surface area contributed by atoms with Crippen molar-refractivity contribution in [1.82, 2.24) is 0 Å². The van der Waals surface area contributed by atoms with Gasteiger partial charge < -0.3 is 0 Å². The molecule has 0 aliphatic heterocycles. The highest BCUT2D eigenvalue weighted by atomic mass is 16.2. The second kappa shape index (κ2) is 26.8. The lowest BCUT2D eigenvalue weighted by Crippen LogP contribution is -2.33. The highest BCUT2D eigenvalue weighted by Gasteiger charge is 2.35. The highest BCUT2D eigenvalue weighted by molar-refractivity contribution is 5.95. The lowest BCUT2D eigenvalue weighted by Gasteiger charge is -2.28. The first-order valence-corrected chi connectivity index (χ1v) is 22.2. The third kappa shape index (κ3) is 19.7. The molecule has 6 heteroatoms. The first-order valence-electron chi connectivity index (χ1n) is 22.2. The second-order valence-corrected chi connectivity index (χ2v) is 19.3. The Labute approximate surface area is 333 Å². The molecular formula is C48H86O6. The molecule has 6 nitrogen and oxygen atoms in total. The van der Waals surface area contributed by atoms with Crippen LogP contribution in [0.1, 0.15) is 194 Å². The summed E-state index contributed by atoms with van der Waals surface area (Å²) in [6, 6.07) is 0. The Balaban J connectivity index is 6.00. The van der Waals surface area contributed by atoms with Gasteiger partial charge in [0.15, 0.2) is 0 Å². The minimum absolute atomic E-state index is 0.00625. The van der Waals surface area contributed by atoms with Gasteiger partial charge in [0.2, 0.25) is 0 Å². The summed E-state index contributed by atoms with van der Waals surface area (Å²) in [5, 5.41) is 0. The Morgan fingerprint density at radius 2 is 0.907 bits per heavy atom. The maximum atomic E-state index is 14.1. The molecule has 0 aromatic rings. The van der Waals surface area contributed by atoms with Gasteiger partial charge in [0.1, 0.15) is 34.7 Å². The molecule has 0 fully saturated rings. The first kappa shape index (κ1) is 52.0. The number of Topliss-reactive ketones (excluding diaryl/α,β-unsaturated/α-hetero) is 6. The van der Waals surface area contributed by atoms with Gasteiger partial charge in [-0.15, -0.1) is 0 Å². The SMILES string of the molecule is CCC(C)C(C)C(=O)CC(C(=O)CCC(=O)CC(CCCCC(C)C)C(=O)CC(C(=O)CC(C(=O)CC(CC(C)C)C(C)C)C(C)C)C(C)CC)C(C)C. The number of hydrogen-bond donors (Lipinski definition) is 0. The fourth-order valence-electron chi connectivity index (χ4n) is 7.94. The van der Waals surface area contributed by atoms with Gasteiger partial charge >= 0.3 is 0 Å². The summed E-state index contributed by atoms with van der Waals surface area (Å²) in [5.74, 6) is 0.0969. The molecule has 0 spiro atoms. The molecule has 0 N–H and O–H groups in total. The average molecular weight is 759 g/mol. The van der Waals surface area contributed by atoms with Crippen LogP contribution < -0.4 is 0 Å². The Hall–Kier alpha value is -1.98. The number of rotatable bonds is 32. The van der Waals surface area contributed by atoms with Crippen molar-refractivity contribution >= 4 is 34.7 Å². The lowest BCUT2D eigenvalue weighted by atomic mass is 9.74. The van der Waals surface area contributed by atoms with Crippen molar-refractivity contribution in [2.45, 2.75) is 194 Å². The normalized spacial score (nSPS) is 16.7. The predicted octanol–water partition coefficient (Wildman–Crippen LogP) is 12.2. The van der Waals surface area contributed by atoms with Crippen molar-refractivity contribution in [3.05, 3.63) is 0 Å². The summed E-state index contributed by atoms with van der Waals surface area (Å²) in [7, 11) is 0. The van der Waals surface area contributed by atoms with E-state index in [1.165, 1.54) is 0 Å². The van der Waals surface area contributed by atoms with Crippen LogP contribution in [0.5, 0.6) is 0 Å². The van der Waals surface area contributed by atoms with Gasteiger partial charge in [-0.05, 0) is 60.2 Å². The molecule has 0 heterocycles. The van der Waals surface area contributed by atoms with Crippen molar-refractivity contribution in [1.29, 1.82) is 0 Å². The van der Waals surface area contributed by atoms with Crippen LogP contribution >= 0.6 is 0 Å². The maximum Gasteiger partial charge on any atom is 0.137 e. The average Bonchev–Trinajstić information content (AvgIpc) is 3.09. The maximum absolute atomic E-state index is 14.1. The van der Waals surface area contributed by atoms with E-state index in [1.807, 2.05) is 48.5 Å². The van der Waals surface area contributed by atoms with Crippen LogP contribution in [0.2, 0.25) is 0 Å². The molecular weight excluding hydrogens is 673 g/mol. The van der Waals surface area contributed by atoms with E-state index in [0.717, 1.165) is 38.5 Å². The molecule has 314 valence electrons. The van der Waals surface area contributed by atoms with Gasteiger partial charge in [-0.3, -0.25) is 28.8 Å². The summed E-state index contributed by atoms with van der Waals surface area (Å²) in [4.78, 5) is 81.9. The molecule has 8 atom stereocenters. The van der Waals surface area contributed by atoms with Crippen LogP contribution in [0, 0.1) is 76.9 Å². The molecule has 0 saturated heterocycles. The molecule has 0 aliphatic carbocycles. The van der Waals surface area contributed by atoms with Crippen LogP contribution in [0.25, 0.3) is 0 Å². The van der Waals surface area contributed by atoms with Crippen molar-refractivity contribution < 1.29 is 28.8 Å². The van der Waals surface area contributed by atoms with Crippen LogP contribution in [0.15, 0.2) is 0 Å². The lowest BCUT2D eigenvalue weighted by molar-refractivity contribution is -0.136. The van der Waals surface area contributed by atoms with E-state index in [0.29, 0.717) is 30.6 Å². The van der Waals surface area contributed by atoms with E-state index in [2.05, 4.69) is 55.4 Å². The van der Waals surface area contributed by atoms with Gasteiger partial charge in [0, 0.05) is 74.5 Å². The van der Waals surface area contributed by atoms with E-state index in [4.69, 9.17) is 0 Å². The topological polar surface area (TPSA) is 102 Å². The van der Waals surface area contributed by atoms with Crippen molar-refractivity contribution in [2.24, 2.45) is 76.9 Å². The van der Waals surface area contributed by atoms with Gasteiger partial charge in [-0.1, -0.05) is 136 Å². The van der Waals surface area contributed by atoms with Gasteiger partial charge in [-0.2, -0.15) is 0 Å². The zero-order valence-corrected chi connectivity index (χ0v) is 37.9. The third-order valence-corrected chi connectivity index (χ3v) is 12.8. The fraction of sp³-hybridized carbons (Fsp3) is 0.875. The molecule has 54 heavy (non-hydrogen) atoms. The summed E-state index contributed by atoms with van der Waals surface area (Å²) in [6.07, 6.45) is 7.18. The fourth-order valence-corrected chi connectivity index (χ4v) is 7.94. The molecule has 0 radical (unpaired) electrons. The van der Waals surface area contributed by atoms with E-state index in [-0.39, 0.29) is 115 Å². The summed E-state index contributed by atoms with van der Waals surface area (Å²) in [6.45, 7) is 31.2. The molecule has 0 aliphatic rings. The van der Waals surface area contributed by atoms with Crippen LogP contribution in [0.4, 0.5) is 0 Å². The van der Waals surface area contributed by atoms with E-state index >= 15 is 0 Å². The van der Waals surface area contributed by atoms with Crippen molar-refractivity contribution in [3.63, 3.8) is 0 Å². The molecule has 0 aromatic carbocycles. The highest BCUT2D eigenvalue weighted by Crippen LogP contribution is 2.33. The standard InChI is InChI=1S/C48H86O6/c1-16-35(13)37(15)45(51)27-41(33(9)10)44(50)23-22-40(49)25-38(21-19-18-20-30(3)4)46(52)29-43(36(14)17-2)48(54)28-42(34(11)12)47(53)26-39(32(7)8)24-31(5)6/h30-39,41-43H,16-29H2,1-15H3. The van der Waals surface area contributed by atoms with Gasteiger partial charge in [0.05, 0.1) is 0 Å². The molecule has 0 aromatic heterocycles. The summed E-state index contributed by atoms with van der Waals surface area (Å²) < 4.78 is 0. The molecule has 0 amide bonds. The van der Waals surface area contributed by atoms with Gasteiger partial charge in [-0.25, -0.2) is 0 Å². The molecule has 0 rings (SSSR count). The van der Waals surface area contributed by atoms with E-state index in [9.17, 15) is 28.8 Å². The molecule has 8 unspecified atom stereocenters. The Morgan fingerprint density at radius 1 is 0.426 bits per heavy atom. The van der Waals surface area contributed by atoms with Crippen molar-refractivity contribution in [2.75, 3.05) is 0 Å². The van der Waals surface area contributed by atoms with Crippen LogP contribution in [-0.2, 0) is 28.8 Å². The smallest absolute Gasteiger partial charge is 0.137 e. The number of ketones is 6. The number of hydrogen-bond acceptors (Lipinski definition) is 6. The third-order valence-electron chi connectivity index (χ3n) is 12.8. The summed E-state index contributed by atoms with van der Waals surface area (Å²) >= 11 is 0. The predicted molar refractivity (Wildman–Crippen MR) is 225 cm³/mol. The zero-order valence-electron chi connectivity index (χ0n) is 37.9. The Bertz CT molecular complexity index is 1150. The van der Waals surface area contributed by atoms with E-state index in [1.54, 1.807) is 0 Å². The Morgan fingerprint density at radius 3 is 1.39 bits per heavy atom. The molecule has 0 bridgehead atoms. The number of unbranched alkanes of at least 4 members (excludes halogenated alkanes) is 1. The minimum Gasteiger partial charge on any atom is -0.300 e. The summed E-state index contributed by atoms with van der Waals surface area (Å²) in [5.41, 5.74) is 0. The largest absolute Gasteiger partial charge is 0.300 e. The first-order chi connectivity index (χ1) is 25.1. The number of carbonyl (C=O) groups is 6. The number of carbonyl (C=O) groups excluding carboxylic acids is 6. The van der Waals surface area contributed by atoms with Crippen LogP contribution in [-0.4, -0.2) is 34.7 Å². The van der Waals surface area contributed by atoms with E-state index < -0.39 is 17.8 Å².